The fourth-order valence-corrected chi connectivity index (χ4v) is 2.86. The minimum absolute atomic E-state index is 0.0198. The van der Waals surface area contributed by atoms with Crippen LogP contribution < -0.4 is 5.32 Å². The first-order valence-corrected chi connectivity index (χ1v) is 7.16. The Kier molecular flexibility index (Phi) is 3.13. The van der Waals surface area contributed by atoms with Crippen LogP contribution in [-0.2, 0) is 16.0 Å². The van der Waals surface area contributed by atoms with Crippen molar-refractivity contribution in [3.8, 4) is 0 Å². The van der Waals surface area contributed by atoms with Crippen LogP contribution in [0.1, 0.15) is 25.0 Å². The van der Waals surface area contributed by atoms with Crippen LogP contribution in [0.2, 0.25) is 0 Å². The Morgan fingerprint density at radius 1 is 1.44 bits per heavy atom. The third-order valence-electron chi connectivity index (χ3n) is 3.35. The molecule has 6 heteroatoms. The molecule has 18 heavy (non-hydrogen) atoms. The molecule has 1 saturated heterocycles. The molecule has 1 atom stereocenters. The van der Waals surface area contributed by atoms with E-state index >= 15 is 0 Å². The fraction of sp³-hybridized carbons (Fsp3) is 0.583. The maximum Gasteiger partial charge on any atom is 0.247 e. The van der Waals surface area contributed by atoms with Crippen molar-refractivity contribution in [1.29, 1.82) is 0 Å². The van der Waals surface area contributed by atoms with E-state index in [0.717, 1.165) is 25.0 Å². The maximum atomic E-state index is 12.0. The molecule has 0 aromatic carbocycles. The van der Waals surface area contributed by atoms with E-state index in [0.29, 0.717) is 13.0 Å². The number of thiazole rings is 1. The number of amides is 2. The standard InChI is InChI=1S/C12H15N3O2S/c16-11-5-10(12(17)15(11)9-1-2-9)13-4-3-8-6-18-7-14-8/h6-7,9-10,13H,1-5H2. The summed E-state index contributed by atoms with van der Waals surface area (Å²) >= 11 is 1.57. The van der Waals surface area contributed by atoms with Gasteiger partial charge in [-0.2, -0.15) is 0 Å². The van der Waals surface area contributed by atoms with Gasteiger partial charge in [-0.1, -0.05) is 0 Å². The van der Waals surface area contributed by atoms with Crippen LogP contribution in [0.4, 0.5) is 0 Å². The first-order chi connectivity index (χ1) is 8.75. The predicted octanol–water partition coefficient (Wildman–Crippen LogP) is 0.565. The van der Waals surface area contributed by atoms with E-state index in [9.17, 15) is 9.59 Å². The van der Waals surface area contributed by atoms with Crippen LogP contribution in [-0.4, -0.2) is 40.3 Å². The zero-order valence-corrected chi connectivity index (χ0v) is 10.8. The van der Waals surface area contributed by atoms with E-state index in [1.54, 1.807) is 16.8 Å². The lowest BCUT2D eigenvalue weighted by molar-refractivity contribution is -0.139. The number of nitrogens with one attached hydrogen (secondary N) is 1. The van der Waals surface area contributed by atoms with Gasteiger partial charge in [0.05, 0.1) is 23.7 Å². The lowest BCUT2D eigenvalue weighted by Gasteiger charge is -2.14. The van der Waals surface area contributed by atoms with Gasteiger partial charge in [0.1, 0.15) is 0 Å². The van der Waals surface area contributed by atoms with Gasteiger partial charge in [0, 0.05) is 24.4 Å². The van der Waals surface area contributed by atoms with Gasteiger partial charge in [-0.3, -0.25) is 14.5 Å². The van der Waals surface area contributed by atoms with Gasteiger partial charge < -0.3 is 5.32 Å². The summed E-state index contributed by atoms with van der Waals surface area (Å²) in [7, 11) is 0. The molecular formula is C12H15N3O2S. The van der Waals surface area contributed by atoms with E-state index in [1.807, 2.05) is 5.38 Å². The van der Waals surface area contributed by atoms with Crippen LogP contribution in [0, 0.1) is 0 Å². The molecular weight excluding hydrogens is 250 g/mol. The SMILES string of the molecule is O=C1CC(NCCc2cscn2)C(=O)N1C1CC1. The fourth-order valence-electron chi connectivity index (χ4n) is 2.26. The van der Waals surface area contributed by atoms with Gasteiger partial charge in [0.2, 0.25) is 11.8 Å². The second-order valence-electron chi connectivity index (χ2n) is 4.77. The van der Waals surface area contributed by atoms with Crippen molar-refractivity contribution in [3.05, 3.63) is 16.6 Å². The number of carbonyl (C=O) groups is 2. The molecule has 2 aliphatic rings. The molecule has 1 N–H and O–H groups in total. The molecule has 0 radical (unpaired) electrons. The number of imide groups is 1. The zero-order chi connectivity index (χ0) is 12.5. The summed E-state index contributed by atoms with van der Waals surface area (Å²) in [5.74, 6) is -0.0607. The normalized spacial score (nSPS) is 24.0. The topological polar surface area (TPSA) is 62.3 Å². The van der Waals surface area contributed by atoms with Crippen molar-refractivity contribution in [2.75, 3.05) is 6.54 Å². The average molecular weight is 265 g/mol. The molecule has 0 bridgehead atoms. The van der Waals surface area contributed by atoms with Gasteiger partial charge in [-0.15, -0.1) is 11.3 Å². The van der Waals surface area contributed by atoms with Gasteiger partial charge in [-0.25, -0.2) is 4.98 Å². The van der Waals surface area contributed by atoms with Gasteiger partial charge >= 0.3 is 0 Å². The van der Waals surface area contributed by atoms with Gasteiger partial charge in [-0.05, 0) is 12.8 Å². The first-order valence-electron chi connectivity index (χ1n) is 6.22. The first kappa shape index (κ1) is 11.8. The van der Waals surface area contributed by atoms with Crippen molar-refractivity contribution in [2.24, 2.45) is 0 Å². The summed E-state index contributed by atoms with van der Waals surface area (Å²) in [4.78, 5) is 29.4. The second-order valence-corrected chi connectivity index (χ2v) is 5.49. The smallest absolute Gasteiger partial charge is 0.247 e. The van der Waals surface area contributed by atoms with E-state index in [4.69, 9.17) is 0 Å². The minimum Gasteiger partial charge on any atom is -0.305 e. The lowest BCUT2D eigenvalue weighted by atomic mass is 10.2. The molecule has 1 aromatic rings. The highest BCUT2D eigenvalue weighted by molar-refractivity contribution is 7.07. The monoisotopic (exact) mass is 265 g/mol. The van der Waals surface area contributed by atoms with Crippen molar-refractivity contribution in [1.82, 2.24) is 15.2 Å². The number of likely N-dealkylation sites (tertiary alicyclic amines) is 1. The van der Waals surface area contributed by atoms with E-state index in [2.05, 4.69) is 10.3 Å². The Bertz CT molecular complexity index is 456. The molecule has 5 nitrogen and oxygen atoms in total. The van der Waals surface area contributed by atoms with Gasteiger partial charge in [0.15, 0.2) is 0 Å². The molecule has 2 fully saturated rings. The Morgan fingerprint density at radius 2 is 2.28 bits per heavy atom. The molecule has 1 aliphatic heterocycles. The summed E-state index contributed by atoms with van der Waals surface area (Å²) in [6, 6.07) is -0.132. The third-order valence-corrected chi connectivity index (χ3v) is 3.99. The average Bonchev–Trinajstić information content (AvgIpc) is 2.95. The van der Waals surface area contributed by atoms with Crippen LogP contribution in [0.15, 0.2) is 10.9 Å². The molecule has 0 spiro atoms. The van der Waals surface area contributed by atoms with E-state index in [1.165, 1.54) is 4.90 Å². The molecule has 1 aliphatic carbocycles. The van der Waals surface area contributed by atoms with E-state index < -0.39 is 0 Å². The highest BCUT2D eigenvalue weighted by Gasteiger charge is 2.45. The number of rotatable bonds is 5. The predicted molar refractivity (Wildman–Crippen MR) is 67.1 cm³/mol. The van der Waals surface area contributed by atoms with Crippen molar-refractivity contribution < 1.29 is 9.59 Å². The molecule has 96 valence electrons. The number of carbonyl (C=O) groups excluding carboxylic acids is 2. The van der Waals surface area contributed by atoms with Crippen LogP contribution in [0.5, 0.6) is 0 Å². The molecule has 2 amide bonds. The second kappa shape index (κ2) is 4.78. The Balaban J connectivity index is 1.51. The summed E-state index contributed by atoms with van der Waals surface area (Å²) in [6.45, 7) is 0.686. The summed E-state index contributed by atoms with van der Waals surface area (Å²) in [5.41, 5.74) is 2.83. The lowest BCUT2D eigenvalue weighted by Crippen LogP contribution is -2.40. The van der Waals surface area contributed by atoms with Crippen LogP contribution >= 0.6 is 11.3 Å². The number of hydrogen-bond donors (Lipinski definition) is 1. The Labute approximate surface area is 109 Å². The third kappa shape index (κ3) is 2.30. The van der Waals surface area contributed by atoms with Crippen molar-refractivity contribution >= 4 is 23.2 Å². The maximum absolute atomic E-state index is 12.0. The summed E-state index contributed by atoms with van der Waals surface area (Å²) < 4.78 is 0. The largest absolute Gasteiger partial charge is 0.305 e. The summed E-state index contributed by atoms with van der Waals surface area (Å²) in [6.07, 6.45) is 3.06. The molecule has 1 aromatic heterocycles. The summed E-state index contributed by atoms with van der Waals surface area (Å²) in [5, 5.41) is 5.17. The van der Waals surface area contributed by atoms with Crippen molar-refractivity contribution in [2.45, 2.75) is 37.8 Å². The number of aromatic nitrogens is 1. The van der Waals surface area contributed by atoms with Crippen molar-refractivity contribution in [3.63, 3.8) is 0 Å². The quantitative estimate of drug-likeness (QED) is 0.790. The van der Waals surface area contributed by atoms with E-state index in [-0.39, 0.29) is 23.9 Å². The molecule has 3 rings (SSSR count). The van der Waals surface area contributed by atoms with Gasteiger partial charge in [0.25, 0.3) is 0 Å². The highest BCUT2D eigenvalue weighted by atomic mass is 32.1. The highest BCUT2D eigenvalue weighted by Crippen LogP contribution is 2.31. The number of hydrogen-bond acceptors (Lipinski definition) is 5. The zero-order valence-electron chi connectivity index (χ0n) is 9.96. The van der Waals surface area contributed by atoms with Crippen LogP contribution in [0.25, 0.3) is 0 Å². The molecule has 2 heterocycles. The van der Waals surface area contributed by atoms with Crippen LogP contribution in [0.3, 0.4) is 0 Å². The molecule has 1 unspecified atom stereocenters. The Hall–Kier alpha value is -1.27. The Morgan fingerprint density at radius 3 is 2.94 bits per heavy atom. The molecule has 1 saturated carbocycles. The minimum atomic E-state index is -0.322. The number of nitrogens with zero attached hydrogens (tertiary/aromatic N) is 2.